The third-order valence-corrected chi connectivity index (χ3v) is 6.22. The van der Waals surface area contributed by atoms with Crippen LogP contribution in [0.15, 0.2) is 47.5 Å². The van der Waals surface area contributed by atoms with Gasteiger partial charge < -0.3 is 4.74 Å². The van der Waals surface area contributed by atoms with Crippen molar-refractivity contribution < 1.29 is 9.53 Å². The highest BCUT2D eigenvalue weighted by Gasteiger charge is 2.25. The van der Waals surface area contributed by atoms with Crippen LogP contribution in [0.1, 0.15) is 30.5 Å². The molecule has 2 aromatic rings. The minimum atomic E-state index is -0.251. The molecule has 1 heterocycles. The zero-order chi connectivity index (χ0) is 20.1. The predicted molar refractivity (Wildman–Crippen MR) is 118 cm³/mol. The molecular weight excluding hydrogens is 415 g/mol. The van der Waals surface area contributed by atoms with Crippen LogP contribution in [-0.2, 0) is 4.79 Å². The van der Waals surface area contributed by atoms with E-state index in [0.717, 1.165) is 27.8 Å². The largest absolute Gasteiger partial charge is 0.493 e. The van der Waals surface area contributed by atoms with Gasteiger partial charge >= 0.3 is 0 Å². The van der Waals surface area contributed by atoms with Crippen molar-refractivity contribution in [3.05, 3.63) is 63.6 Å². The normalized spacial score (nSPS) is 16.4. The van der Waals surface area contributed by atoms with E-state index >= 15 is 0 Å². The number of halogens is 2. The van der Waals surface area contributed by atoms with Gasteiger partial charge in [0.1, 0.15) is 5.75 Å². The molecule has 7 heteroatoms. The number of ether oxygens (including phenoxy) is 1. The van der Waals surface area contributed by atoms with E-state index in [9.17, 15) is 4.79 Å². The summed E-state index contributed by atoms with van der Waals surface area (Å²) in [6.07, 6.45) is 0.615. The lowest BCUT2D eigenvalue weighted by atomic mass is 10.0. The van der Waals surface area contributed by atoms with Gasteiger partial charge in [0.05, 0.1) is 22.7 Å². The molecule has 1 amide bonds. The Morgan fingerprint density at radius 1 is 1.29 bits per heavy atom. The van der Waals surface area contributed by atoms with Gasteiger partial charge in [0.15, 0.2) is 5.17 Å². The van der Waals surface area contributed by atoms with E-state index in [-0.39, 0.29) is 11.9 Å². The number of amidine groups is 1. The van der Waals surface area contributed by atoms with Crippen LogP contribution in [0.2, 0.25) is 10.0 Å². The van der Waals surface area contributed by atoms with Crippen molar-refractivity contribution in [2.24, 2.45) is 4.99 Å². The second kappa shape index (κ2) is 9.68. The molecular formula is C21H22Cl2N2O2S. The maximum absolute atomic E-state index is 11.9. The van der Waals surface area contributed by atoms with E-state index < -0.39 is 0 Å². The lowest BCUT2D eigenvalue weighted by molar-refractivity contribution is -0.124. The van der Waals surface area contributed by atoms with Crippen molar-refractivity contribution >= 4 is 46.0 Å². The highest BCUT2D eigenvalue weighted by Crippen LogP contribution is 2.35. The quantitative estimate of drug-likeness (QED) is 0.577. The second-order valence-electron chi connectivity index (χ2n) is 6.54. The Morgan fingerprint density at radius 2 is 2.07 bits per heavy atom. The Balaban J connectivity index is 1.82. The maximum atomic E-state index is 11.9. The first-order chi connectivity index (χ1) is 13.5. The first-order valence-electron chi connectivity index (χ1n) is 9.08. The van der Waals surface area contributed by atoms with Gasteiger partial charge in [-0.1, -0.05) is 59.2 Å². The van der Waals surface area contributed by atoms with Crippen LogP contribution in [0.3, 0.4) is 0 Å². The Morgan fingerprint density at radius 3 is 2.82 bits per heavy atom. The highest BCUT2D eigenvalue weighted by atomic mass is 35.5. The first kappa shape index (κ1) is 21.0. The number of aliphatic imine (C=N–C) groups is 1. The molecule has 0 N–H and O–H groups in total. The first-order valence-corrected chi connectivity index (χ1v) is 10.8. The number of aryl methyl sites for hydroxylation is 1. The van der Waals surface area contributed by atoms with Crippen molar-refractivity contribution in [2.75, 3.05) is 18.9 Å². The fraction of sp³-hybridized carbons (Fsp3) is 0.333. The third kappa shape index (κ3) is 5.22. The Kier molecular flexibility index (Phi) is 7.27. The predicted octanol–water partition coefficient (Wildman–Crippen LogP) is 5.76. The molecule has 0 aromatic heterocycles. The summed E-state index contributed by atoms with van der Waals surface area (Å²) in [5.41, 5.74) is 1.98. The molecule has 0 spiro atoms. The van der Waals surface area contributed by atoms with Crippen molar-refractivity contribution in [2.45, 2.75) is 26.3 Å². The summed E-state index contributed by atoms with van der Waals surface area (Å²) in [6, 6.07) is 13.2. The third-order valence-electron chi connectivity index (χ3n) is 4.41. The number of nitrogens with zero attached hydrogens (tertiary/aromatic N) is 2. The molecule has 1 aliphatic rings. The Hall–Kier alpha value is -1.69. The van der Waals surface area contributed by atoms with Crippen molar-refractivity contribution in [3.63, 3.8) is 0 Å². The lowest BCUT2D eigenvalue weighted by Crippen LogP contribution is -2.29. The van der Waals surface area contributed by atoms with Gasteiger partial charge in [-0.3, -0.25) is 14.7 Å². The number of rotatable bonds is 6. The number of thioether (sulfide) groups is 1. The minimum absolute atomic E-state index is 0.00398. The van der Waals surface area contributed by atoms with E-state index in [1.165, 1.54) is 0 Å². The fourth-order valence-electron chi connectivity index (χ4n) is 3.00. The van der Waals surface area contributed by atoms with Gasteiger partial charge in [0.2, 0.25) is 5.91 Å². The van der Waals surface area contributed by atoms with E-state index in [0.29, 0.717) is 29.6 Å². The molecule has 0 radical (unpaired) electrons. The summed E-state index contributed by atoms with van der Waals surface area (Å²) in [7, 11) is 0. The van der Waals surface area contributed by atoms with Crippen LogP contribution in [0.25, 0.3) is 0 Å². The van der Waals surface area contributed by atoms with Crippen LogP contribution in [0, 0.1) is 6.92 Å². The summed E-state index contributed by atoms with van der Waals surface area (Å²) in [6.45, 7) is 4.73. The number of carbonyl (C=O) groups is 1. The Labute approximate surface area is 179 Å². The molecule has 1 aliphatic heterocycles. The number of hydrogen-bond acceptors (Lipinski definition) is 4. The monoisotopic (exact) mass is 436 g/mol. The van der Waals surface area contributed by atoms with Gasteiger partial charge in [-0.25, -0.2) is 0 Å². The molecule has 1 saturated heterocycles. The lowest BCUT2D eigenvalue weighted by Gasteiger charge is -2.19. The SMILES string of the molecule is CC(=O)N1CCSC1=NC(CCOc1cccc(C)c1)c1cccc(Cl)c1Cl. The Bertz CT molecular complexity index is 888. The molecule has 0 bridgehead atoms. The molecule has 148 valence electrons. The van der Waals surface area contributed by atoms with Crippen LogP contribution < -0.4 is 4.74 Å². The summed E-state index contributed by atoms with van der Waals surface area (Å²) >= 11 is 14.3. The van der Waals surface area contributed by atoms with Gasteiger partial charge in [0.25, 0.3) is 0 Å². The molecule has 0 aliphatic carbocycles. The van der Waals surface area contributed by atoms with Gasteiger partial charge in [-0.15, -0.1) is 0 Å². The number of benzene rings is 2. The van der Waals surface area contributed by atoms with Crippen LogP contribution in [0.5, 0.6) is 5.75 Å². The van der Waals surface area contributed by atoms with Gasteiger partial charge in [-0.05, 0) is 36.2 Å². The smallest absolute Gasteiger partial charge is 0.225 e. The van der Waals surface area contributed by atoms with Crippen LogP contribution in [0.4, 0.5) is 0 Å². The van der Waals surface area contributed by atoms with Crippen LogP contribution >= 0.6 is 35.0 Å². The molecule has 28 heavy (non-hydrogen) atoms. The maximum Gasteiger partial charge on any atom is 0.225 e. The molecule has 1 fully saturated rings. The topological polar surface area (TPSA) is 41.9 Å². The second-order valence-corrected chi connectivity index (χ2v) is 8.39. The molecule has 1 unspecified atom stereocenters. The van der Waals surface area contributed by atoms with E-state index in [1.54, 1.807) is 29.7 Å². The summed E-state index contributed by atoms with van der Waals surface area (Å²) < 4.78 is 5.92. The molecule has 0 saturated carbocycles. The van der Waals surface area contributed by atoms with Gasteiger partial charge in [-0.2, -0.15) is 0 Å². The summed E-state index contributed by atoms with van der Waals surface area (Å²) in [5.74, 6) is 1.66. The average molecular weight is 437 g/mol. The average Bonchev–Trinajstić information content (AvgIpc) is 3.12. The number of amides is 1. The minimum Gasteiger partial charge on any atom is -0.493 e. The molecule has 3 rings (SSSR count). The standard InChI is InChI=1S/C21H22Cl2N2O2S/c1-14-5-3-6-16(13-14)27-11-9-19(17-7-4-8-18(22)20(17)23)24-21-25(15(2)26)10-12-28-21/h3-8,13,19H,9-12H2,1-2H3. The van der Waals surface area contributed by atoms with Crippen LogP contribution in [-0.4, -0.2) is 34.9 Å². The number of hydrogen-bond donors (Lipinski definition) is 0. The van der Waals surface area contributed by atoms with Crippen molar-refractivity contribution in [1.82, 2.24) is 4.90 Å². The zero-order valence-electron chi connectivity index (χ0n) is 15.8. The fourth-order valence-corrected chi connectivity index (χ4v) is 4.46. The highest BCUT2D eigenvalue weighted by molar-refractivity contribution is 8.14. The van der Waals surface area contributed by atoms with Gasteiger partial charge in [0, 0.05) is 25.6 Å². The van der Waals surface area contributed by atoms with Crippen molar-refractivity contribution in [1.29, 1.82) is 0 Å². The zero-order valence-corrected chi connectivity index (χ0v) is 18.2. The van der Waals surface area contributed by atoms with E-state index in [2.05, 4.69) is 0 Å². The van der Waals surface area contributed by atoms with Crippen molar-refractivity contribution in [3.8, 4) is 5.75 Å². The molecule has 2 aromatic carbocycles. The summed E-state index contributed by atoms with van der Waals surface area (Å²) in [4.78, 5) is 18.5. The molecule has 1 atom stereocenters. The van der Waals surface area contributed by atoms with E-state index in [1.807, 2.05) is 43.3 Å². The van der Waals surface area contributed by atoms with E-state index in [4.69, 9.17) is 32.9 Å². The molecule has 4 nitrogen and oxygen atoms in total. The number of carbonyl (C=O) groups excluding carboxylic acids is 1. The summed E-state index contributed by atoms with van der Waals surface area (Å²) in [5, 5.41) is 1.71.